The maximum atomic E-state index is 12.9. The quantitative estimate of drug-likeness (QED) is 0.369. The molecule has 1 heterocycles. The summed E-state index contributed by atoms with van der Waals surface area (Å²) in [6, 6.07) is 15.8. The van der Waals surface area contributed by atoms with Crippen molar-refractivity contribution in [2.45, 2.75) is 20.8 Å². The minimum atomic E-state index is -0.315. The number of anilines is 1. The molecule has 0 fully saturated rings. The first kappa shape index (κ1) is 22.4. The average Bonchev–Trinajstić information content (AvgIpc) is 2.79. The maximum Gasteiger partial charge on any atom is 0.262 e. The van der Waals surface area contributed by atoms with Crippen molar-refractivity contribution in [3.05, 3.63) is 92.8 Å². The van der Waals surface area contributed by atoms with Gasteiger partial charge in [-0.2, -0.15) is 0 Å². The molecule has 0 radical (unpaired) electrons. The molecule has 1 N–H and O–H groups in total. The van der Waals surface area contributed by atoms with Crippen LogP contribution in [0.5, 0.6) is 17.2 Å². The molecule has 4 aromatic rings. The number of rotatable bonds is 6. The summed E-state index contributed by atoms with van der Waals surface area (Å²) < 4.78 is 16.9. The fraction of sp³-hybridized carbons (Fsp3) is 0.154. The van der Waals surface area contributed by atoms with E-state index in [9.17, 15) is 9.59 Å². The molecule has 0 aliphatic heterocycles. The van der Waals surface area contributed by atoms with Gasteiger partial charge < -0.3 is 19.2 Å². The van der Waals surface area contributed by atoms with Gasteiger partial charge in [-0.25, -0.2) is 0 Å². The van der Waals surface area contributed by atoms with Crippen LogP contribution < -0.4 is 20.2 Å². The summed E-state index contributed by atoms with van der Waals surface area (Å²) in [7, 11) is 0. The molecule has 1 aromatic heterocycles. The number of hydrogen-bond donors (Lipinski definition) is 1. The van der Waals surface area contributed by atoms with Crippen LogP contribution in [0.25, 0.3) is 11.0 Å². The smallest absolute Gasteiger partial charge is 0.262 e. The first-order valence-electron chi connectivity index (χ1n) is 10.3. The lowest BCUT2D eigenvalue weighted by atomic mass is 10.1. The van der Waals surface area contributed by atoms with E-state index >= 15 is 0 Å². The number of hydrogen-bond acceptors (Lipinski definition) is 5. The fourth-order valence-electron chi connectivity index (χ4n) is 3.33. The summed E-state index contributed by atoms with van der Waals surface area (Å²) in [5.41, 5.74) is 3.51. The summed E-state index contributed by atoms with van der Waals surface area (Å²) >= 11 is 6.20. The molecule has 0 saturated heterocycles. The van der Waals surface area contributed by atoms with Crippen molar-refractivity contribution in [3.8, 4) is 17.2 Å². The van der Waals surface area contributed by atoms with Crippen LogP contribution in [0.15, 0.2) is 70.1 Å². The van der Waals surface area contributed by atoms with Gasteiger partial charge in [0.15, 0.2) is 6.61 Å². The Balaban J connectivity index is 1.47. The molecule has 1 amide bonds. The molecular formula is C26H22ClNO5. The number of amides is 1. The van der Waals surface area contributed by atoms with Crippen LogP contribution in [-0.2, 0) is 4.79 Å². The van der Waals surface area contributed by atoms with Gasteiger partial charge in [-0.1, -0.05) is 29.3 Å². The van der Waals surface area contributed by atoms with E-state index in [1.165, 1.54) is 6.26 Å². The van der Waals surface area contributed by atoms with Gasteiger partial charge in [-0.3, -0.25) is 9.59 Å². The molecule has 33 heavy (non-hydrogen) atoms. The Morgan fingerprint density at radius 1 is 0.970 bits per heavy atom. The highest BCUT2D eigenvalue weighted by molar-refractivity contribution is 6.32. The summed E-state index contributed by atoms with van der Waals surface area (Å²) in [5, 5.41) is 3.76. The molecule has 0 bridgehead atoms. The monoisotopic (exact) mass is 463 g/mol. The lowest BCUT2D eigenvalue weighted by molar-refractivity contribution is -0.118. The van der Waals surface area contributed by atoms with Crippen LogP contribution in [0.3, 0.4) is 0 Å². The van der Waals surface area contributed by atoms with Crippen molar-refractivity contribution in [2.24, 2.45) is 0 Å². The normalized spacial score (nSPS) is 10.8. The van der Waals surface area contributed by atoms with Gasteiger partial charge in [0.25, 0.3) is 5.91 Å². The predicted octanol–water partition coefficient (Wildman–Crippen LogP) is 6.18. The second-order valence-electron chi connectivity index (χ2n) is 7.76. The number of halogens is 1. The molecule has 168 valence electrons. The number of benzene rings is 3. The van der Waals surface area contributed by atoms with Gasteiger partial charge in [0.2, 0.25) is 11.2 Å². The van der Waals surface area contributed by atoms with E-state index in [1.807, 2.05) is 45.0 Å². The van der Waals surface area contributed by atoms with Crippen molar-refractivity contribution >= 4 is 34.2 Å². The molecule has 0 aliphatic carbocycles. The lowest BCUT2D eigenvalue weighted by Crippen LogP contribution is -2.20. The zero-order valence-electron chi connectivity index (χ0n) is 18.4. The third-order valence-corrected chi connectivity index (χ3v) is 5.65. The standard InChI is InChI=1S/C26H22ClNO5/c1-15-4-6-18(7-5-15)28-24(29)14-31-19-8-9-21-22(12-19)32-13-23(26(21)30)33-20-10-16(2)25(27)17(3)11-20/h4-13H,14H2,1-3H3,(H,28,29). The summed E-state index contributed by atoms with van der Waals surface area (Å²) in [4.78, 5) is 25.0. The van der Waals surface area contributed by atoms with Crippen molar-refractivity contribution in [1.82, 2.24) is 0 Å². The van der Waals surface area contributed by atoms with Crippen molar-refractivity contribution in [3.63, 3.8) is 0 Å². The first-order chi connectivity index (χ1) is 15.8. The maximum absolute atomic E-state index is 12.9. The van der Waals surface area contributed by atoms with Crippen LogP contribution in [-0.4, -0.2) is 12.5 Å². The van der Waals surface area contributed by atoms with Crippen LogP contribution in [0, 0.1) is 20.8 Å². The molecular weight excluding hydrogens is 442 g/mol. The number of carbonyl (C=O) groups is 1. The number of carbonyl (C=O) groups excluding carboxylic acids is 1. The Labute approximate surface area is 195 Å². The van der Waals surface area contributed by atoms with Crippen molar-refractivity contribution < 1.29 is 18.7 Å². The summed E-state index contributed by atoms with van der Waals surface area (Å²) in [5.74, 6) is 0.676. The Bertz CT molecular complexity index is 1370. The molecule has 4 rings (SSSR count). The SMILES string of the molecule is Cc1ccc(NC(=O)COc2ccc3c(=O)c(Oc4cc(C)c(Cl)c(C)c4)coc3c2)cc1. The lowest BCUT2D eigenvalue weighted by Gasteiger charge is -2.10. The zero-order chi connectivity index (χ0) is 23.5. The van der Waals surface area contributed by atoms with E-state index in [0.717, 1.165) is 16.7 Å². The third kappa shape index (κ3) is 5.18. The molecule has 0 aliphatic rings. The van der Waals surface area contributed by atoms with E-state index in [1.54, 1.807) is 30.3 Å². The van der Waals surface area contributed by atoms with Gasteiger partial charge in [0, 0.05) is 16.8 Å². The fourth-order valence-corrected chi connectivity index (χ4v) is 3.44. The van der Waals surface area contributed by atoms with E-state index in [4.69, 9.17) is 25.5 Å². The first-order valence-corrected chi connectivity index (χ1v) is 10.7. The third-order valence-electron chi connectivity index (χ3n) is 5.06. The number of aryl methyl sites for hydroxylation is 3. The minimum Gasteiger partial charge on any atom is -0.484 e. The van der Waals surface area contributed by atoms with Gasteiger partial charge in [0.1, 0.15) is 23.3 Å². The molecule has 6 nitrogen and oxygen atoms in total. The number of fused-ring (bicyclic) bond motifs is 1. The van der Waals surface area contributed by atoms with Gasteiger partial charge in [-0.15, -0.1) is 0 Å². The van der Waals surface area contributed by atoms with E-state index in [0.29, 0.717) is 33.2 Å². The van der Waals surface area contributed by atoms with Crippen LogP contribution in [0.1, 0.15) is 16.7 Å². The molecule has 0 saturated carbocycles. The van der Waals surface area contributed by atoms with Crippen LogP contribution >= 0.6 is 11.6 Å². The highest BCUT2D eigenvalue weighted by atomic mass is 35.5. The van der Waals surface area contributed by atoms with Gasteiger partial charge in [-0.05, 0) is 68.3 Å². The number of nitrogens with one attached hydrogen (secondary N) is 1. The Hall–Kier alpha value is -3.77. The van der Waals surface area contributed by atoms with Crippen molar-refractivity contribution in [2.75, 3.05) is 11.9 Å². The summed E-state index contributed by atoms with van der Waals surface area (Å²) in [6.45, 7) is 5.53. The van der Waals surface area contributed by atoms with Gasteiger partial charge >= 0.3 is 0 Å². The Morgan fingerprint density at radius 2 is 1.67 bits per heavy atom. The number of ether oxygens (including phenoxy) is 2. The van der Waals surface area contributed by atoms with Crippen LogP contribution in [0.4, 0.5) is 5.69 Å². The Morgan fingerprint density at radius 3 is 2.36 bits per heavy atom. The van der Waals surface area contributed by atoms with Crippen LogP contribution in [0.2, 0.25) is 5.02 Å². The molecule has 7 heteroatoms. The molecule has 0 spiro atoms. The van der Waals surface area contributed by atoms with Gasteiger partial charge in [0.05, 0.1) is 5.39 Å². The summed E-state index contributed by atoms with van der Waals surface area (Å²) in [6.07, 6.45) is 1.26. The van der Waals surface area contributed by atoms with E-state index < -0.39 is 0 Å². The largest absolute Gasteiger partial charge is 0.484 e. The minimum absolute atomic E-state index is 0.0646. The topological polar surface area (TPSA) is 77.8 Å². The molecule has 0 atom stereocenters. The van der Waals surface area contributed by atoms with Crippen molar-refractivity contribution in [1.29, 1.82) is 0 Å². The second kappa shape index (κ2) is 9.38. The highest BCUT2D eigenvalue weighted by Gasteiger charge is 2.12. The highest BCUT2D eigenvalue weighted by Crippen LogP contribution is 2.29. The zero-order valence-corrected chi connectivity index (χ0v) is 19.2. The second-order valence-corrected chi connectivity index (χ2v) is 8.14. The van der Waals surface area contributed by atoms with E-state index in [-0.39, 0.29) is 23.7 Å². The average molecular weight is 464 g/mol. The predicted molar refractivity (Wildman–Crippen MR) is 129 cm³/mol. The van der Waals surface area contributed by atoms with E-state index in [2.05, 4.69) is 5.32 Å². The molecule has 3 aromatic carbocycles. The molecule has 0 unspecified atom stereocenters. The Kier molecular flexibility index (Phi) is 6.38.